The second-order valence-electron chi connectivity index (χ2n) is 6.89. The zero-order valence-electron chi connectivity index (χ0n) is 17.6. The van der Waals surface area contributed by atoms with E-state index in [1.165, 1.54) is 12.1 Å². The van der Waals surface area contributed by atoms with Crippen LogP contribution in [-0.4, -0.2) is 32.4 Å². The van der Waals surface area contributed by atoms with E-state index in [-0.39, 0.29) is 10.8 Å². The number of hydrogen-bond donors (Lipinski definition) is 1. The van der Waals surface area contributed by atoms with Gasteiger partial charge in [-0.3, -0.25) is 9.52 Å². The van der Waals surface area contributed by atoms with Crippen LogP contribution in [-0.2, 0) is 16.6 Å². The van der Waals surface area contributed by atoms with Crippen LogP contribution in [0.2, 0.25) is 0 Å². The first-order valence-electron chi connectivity index (χ1n) is 10.1. The van der Waals surface area contributed by atoms with Gasteiger partial charge in [-0.1, -0.05) is 30.3 Å². The van der Waals surface area contributed by atoms with E-state index in [0.717, 1.165) is 5.56 Å². The first kappa shape index (κ1) is 22.4. The van der Waals surface area contributed by atoms with Gasteiger partial charge in [0.15, 0.2) is 0 Å². The van der Waals surface area contributed by atoms with Crippen molar-refractivity contribution in [3.63, 3.8) is 0 Å². The summed E-state index contributed by atoms with van der Waals surface area (Å²) < 4.78 is 33.3. The number of hydrogen-bond acceptors (Lipinski definition) is 4. The van der Waals surface area contributed by atoms with Crippen LogP contribution in [0.3, 0.4) is 0 Å². The number of amides is 1. The second-order valence-corrected chi connectivity index (χ2v) is 8.57. The van der Waals surface area contributed by atoms with Gasteiger partial charge in [0.05, 0.1) is 11.5 Å². The summed E-state index contributed by atoms with van der Waals surface area (Å²) in [5.41, 5.74) is 1.91. The number of benzene rings is 3. The Morgan fingerprint density at radius 3 is 2.13 bits per heavy atom. The molecule has 0 atom stereocenters. The Morgan fingerprint density at radius 1 is 0.903 bits per heavy atom. The predicted octanol–water partition coefficient (Wildman–Crippen LogP) is 4.55. The maximum absolute atomic E-state index is 12.9. The summed E-state index contributed by atoms with van der Waals surface area (Å²) in [5, 5.41) is 0. The molecule has 3 rings (SSSR count). The molecule has 162 valence electrons. The van der Waals surface area contributed by atoms with Gasteiger partial charge in [-0.05, 0) is 67.9 Å². The summed E-state index contributed by atoms with van der Waals surface area (Å²) in [6, 6.07) is 22.4. The Hall–Kier alpha value is -3.32. The molecule has 0 heterocycles. The van der Waals surface area contributed by atoms with Gasteiger partial charge >= 0.3 is 0 Å². The van der Waals surface area contributed by atoms with E-state index >= 15 is 0 Å². The molecule has 0 bridgehead atoms. The lowest BCUT2D eigenvalue weighted by molar-refractivity contribution is 0.0752. The fraction of sp³-hybridized carbons (Fsp3) is 0.208. The van der Waals surface area contributed by atoms with E-state index in [4.69, 9.17) is 4.74 Å². The average molecular weight is 439 g/mol. The number of nitrogens with one attached hydrogen (secondary N) is 1. The monoisotopic (exact) mass is 438 g/mol. The topological polar surface area (TPSA) is 75.7 Å². The highest BCUT2D eigenvalue weighted by atomic mass is 32.2. The molecule has 1 N–H and O–H groups in total. The minimum atomic E-state index is -3.77. The van der Waals surface area contributed by atoms with Gasteiger partial charge in [0.25, 0.3) is 15.9 Å². The lowest BCUT2D eigenvalue weighted by Crippen LogP contribution is -2.30. The van der Waals surface area contributed by atoms with Crippen LogP contribution in [0.25, 0.3) is 0 Å². The van der Waals surface area contributed by atoms with Crippen LogP contribution < -0.4 is 9.46 Å². The zero-order valence-corrected chi connectivity index (χ0v) is 18.4. The molecule has 0 aliphatic rings. The van der Waals surface area contributed by atoms with Crippen LogP contribution in [0.1, 0.15) is 29.8 Å². The first-order valence-corrected chi connectivity index (χ1v) is 11.6. The smallest absolute Gasteiger partial charge is 0.261 e. The van der Waals surface area contributed by atoms with Gasteiger partial charge in [0.1, 0.15) is 5.75 Å². The third-order valence-corrected chi connectivity index (χ3v) is 6.11. The molecule has 3 aromatic rings. The molecule has 0 aromatic heterocycles. The molecule has 0 unspecified atom stereocenters. The molecule has 0 saturated heterocycles. The lowest BCUT2D eigenvalue weighted by Gasteiger charge is -2.21. The lowest BCUT2D eigenvalue weighted by atomic mass is 10.1. The maximum atomic E-state index is 12.9. The Labute approximate surface area is 183 Å². The normalized spacial score (nSPS) is 11.0. The van der Waals surface area contributed by atoms with Crippen LogP contribution in [0.15, 0.2) is 83.8 Å². The summed E-state index contributed by atoms with van der Waals surface area (Å²) in [6.45, 7) is 5.38. The molecule has 0 aliphatic heterocycles. The molecule has 31 heavy (non-hydrogen) atoms. The van der Waals surface area contributed by atoms with Gasteiger partial charge < -0.3 is 9.64 Å². The van der Waals surface area contributed by atoms with Crippen molar-refractivity contribution in [3.8, 4) is 5.75 Å². The SMILES string of the molecule is CCOc1ccc(NS(=O)(=O)c2ccc(C(=O)N(CC)Cc3ccccc3)cc2)cc1. The van der Waals surface area contributed by atoms with Crippen molar-refractivity contribution in [1.29, 1.82) is 0 Å². The Morgan fingerprint density at radius 2 is 1.55 bits per heavy atom. The van der Waals surface area contributed by atoms with E-state index in [9.17, 15) is 13.2 Å². The van der Waals surface area contributed by atoms with Crippen molar-refractivity contribution in [3.05, 3.63) is 90.0 Å². The minimum absolute atomic E-state index is 0.0871. The maximum Gasteiger partial charge on any atom is 0.261 e. The van der Waals surface area contributed by atoms with Crippen LogP contribution >= 0.6 is 0 Å². The summed E-state index contributed by atoms with van der Waals surface area (Å²) in [5.74, 6) is 0.527. The van der Waals surface area contributed by atoms with Gasteiger partial charge in [0.2, 0.25) is 0 Å². The van der Waals surface area contributed by atoms with Crippen molar-refractivity contribution < 1.29 is 17.9 Å². The van der Waals surface area contributed by atoms with Crippen LogP contribution in [0.4, 0.5) is 5.69 Å². The third kappa shape index (κ3) is 5.86. The highest BCUT2D eigenvalue weighted by Gasteiger charge is 2.18. The number of rotatable bonds is 9. The summed E-state index contributed by atoms with van der Waals surface area (Å²) in [4.78, 5) is 14.7. The van der Waals surface area contributed by atoms with Gasteiger partial charge in [-0.15, -0.1) is 0 Å². The van der Waals surface area contributed by atoms with Crippen molar-refractivity contribution >= 4 is 21.6 Å². The Balaban J connectivity index is 1.71. The molecule has 0 fully saturated rings. The molecule has 6 nitrogen and oxygen atoms in total. The van der Waals surface area contributed by atoms with E-state index in [1.807, 2.05) is 44.2 Å². The van der Waals surface area contributed by atoms with Gasteiger partial charge in [0, 0.05) is 24.3 Å². The minimum Gasteiger partial charge on any atom is -0.494 e. The summed E-state index contributed by atoms with van der Waals surface area (Å²) in [7, 11) is -3.77. The highest BCUT2D eigenvalue weighted by molar-refractivity contribution is 7.92. The molecule has 0 saturated carbocycles. The summed E-state index contributed by atoms with van der Waals surface area (Å²) in [6.07, 6.45) is 0. The number of sulfonamides is 1. The van der Waals surface area contributed by atoms with Crippen LogP contribution in [0, 0.1) is 0 Å². The van der Waals surface area contributed by atoms with Gasteiger partial charge in [-0.2, -0.15) is 0 Å². The molecule has 0 spiro atoms. The zero-order chi connectivity index (χ0) is 22.3. The molecule has 0 aliphatic carbocycles. The third-order valence-electron chi connectivity index (χ3n) is 4.71. The van der Waals surface area contributed by atoms with Crippen molar-refractivity contribution in [2.24, 2.45) is 0 Å². The number of nitrogens with zero attached hydrogens (tertiary/aromatic N) is 1. The molecule has 7 heteroatoms. The molecule has 1 amide bonds. The average Bonchev–Trinajstić information content (AvgIpc) is 2.79. The van der Waals surface area contributed by atoms with E-state index in [2.05, 4.69) is 4.72 Å². The molecule has 3 aromatic carbocycles. The number of carbonyl (C=O) groups excluding carboxylic acids is 1. The standard InChI is InChI=1S/C24H26N2O4S/c1-3-26(18-19-8-6-5-7-9-19)24(27)20-10-16-23(17-11-20)31(28,29)25-21-12-14-22(15-13-21)30-4-2/h5-17,25H,3-4,18H2,1-2H3. The molecular formula is C24H26N2O4S. The van der Waals surface area contributed by atoms with Gasteiger partial charge in [-0.25, -0.2) is 8.42 Å². The Bertz CT molecular complexity index is 1100. The predicted molar refractivity (Wildman–Crippen MR) is 122 cm³/mol. The fourth-order valence-corrected chi connectivity index (χ4v) is 4.15. The van der Waals surface area contributed by atoms with E-state index < -0.39 is 10.0 Å². The molecule has 0 radical (unpaired) electrons. The quantitative estimate of drug-likeness (QED) is 0.532. The van der Waals surface area contributed by atoms with Crippen molar-refractivity contribution in [1.82, 2.24) is 4.90 Å². The summed E-state index contributed by atoms with van der Waals surface area (Å²) >= 11 is 0. The highest BCUT2D eigenvalue weighted by Crippen LogP contribution is 2.20. The fourth-order valence-electron chi connectivity index (χ4n) is 3.09. The second kappa shape index (κ2) is 10.1. The van der Waals surface area contributed by atoms with E-state index in [0.29, 0.717) is 36.7 Å². The Kier molecular flexibility index (Phi) is 7.31. The number of anilines is 1. The largest absolute Gasteiger partial charge is 0.494 e. The van der Waals surface area contributed by atoms with Crippen molar-refractivity contribution in [2.45, 2.75) is 25.3 Å². The first-order chi connectivity index (χ1) is 14.9. The number of carbonyl (C=O) groups is 1. The van der Waals surface area contributed by atoms with Crippen molar-refractivity contribution in [2.75, 3.05) is 17.9 Å². The van der Waals surface area contributed by atoms with E-state index in [1.54, 1.807) is 41.3 Å². The van der Waals surface area contributed by atoms with Crippen LogP contribution in [0.5, 0.6) is 5.75 Å². The number of ether oxygens (including phenoxy) is 1. The molecular weight excluding hydrogens is 412 g/mol.